The lowest BCUT2D eigenvalue weighted by molar-refractivity contribution is 0.404. The van der Waals surface area contributed by atoms with Gasteiger partial charge in [-0.3, -0.25) is 0 Å². The summed E-state index contributed by atoms with van der Waals surface area (Å²) in [5.74, 6) is -1.70. The molecule has 2 nitrogen and oxygen atoms in total. The van der Waals surface area contributed by atoms with Crippen molar-refractivity contribution in [3.05, 3.63) is 53.6 Å². The summed E-state index contributed by atoms with van der Waals surface area (Å²) in [5.41, 5.74) is 0.192. The Kier molecular flexibility index (Phi) is 4.68. The number of halogens is 2. The van der Waals surface area contributed by atoms with Crippen LogP contribution in [-0.2, 0) is 9.98 Å². The normalized spacial score (nSPS) is 12.3. The first kappa shape index (κ1) is 17.7. The summed E-state index contributed by atoms with van der Waals surface area (Å²) < 4.78 is 46.0. The highest BCUT2D eigenvalue weighted by atomic mass is 31.2. The molecule has 0 atom stereocenters. The molecule has 23 heavy (non-hydrogen) atoms. The molecule has 0 unspecified atom stereocenters. The van der Waals surface area contributed by atoms with E-state index in [0.717, 1.165) is 0 Å². The van der Waals surface area contributed by atoms with Gasteiger partial charge in [-0.05, 0) is 48.6 Å². The number of ether oxygens (including phenoxy) is 1. The zero-order chi connectivity index (χ0) is 17.4. The van der Waals surface area contributed by atoms with Crippen LogP contribution in [0, 0.1) is 11.6 Å². The summed E-state index contributed by atoms with van der Waals surface area (Å²) in [6.07, 6.45) is 0. The number of benzene rings is 2. The largest absolute Gasteiger partial charge is 0.451 e. The quantitative estimate of drug-likeness (QED) is 0.710. The Hall–Kier alpha value is -1.67. The lowest BCUT2D eigenvalue weighted by Gasteiger charge is -2.20. The van der Waals surface area contributed by atoms with E-state index < -0.39 is 24.5 Å². The third kappa shape index (κ3) is 4.20. The second-order valence-electron chi connectivity index (χ2n) is 6.97. The third-order valence-electron chi connectivity index (χ3n) is 3.52. The van der Waals surface area contributed by atoms with Gasteiger partial charge in [-0.25, -0.2) is 8.78 Å². The number of hydrogen-bond donors (Lipinski definition) is 0. The Labute approximate surface area is 135 Å². The molecule has 124 valence electrons. The van der Waals surface area contributed by atoms with Crippen molar-refractivity contribution in [3.8, 4) is 11.5 Å². The molecule has 0 aliphatic carbocycles. The van der Waals surface area contributed by atoms with Gasteiger partial charge in [-0.1, -0.05) is 32.9 Å². The van der Waals surface area contributed by atoms with Gasteiger partial charge in [-0.2, -0.15) is 0 Å². The molecule has 0 aromatic heterocycles. The Balaban J connectivity index is 2.40. The molecule has 0 N–H and O–H groups in total. The van der Waals surface area contributed by atoms with E-state index in [1.54, 1.807) is 37.6 Å². The minimum atomic E-state index is -2.47. The monoisotopic (exact) mass is 338 g/mol. The van der Waals surface area contributed by atoms with E-state index in [4.69, 9.17) is 4.74 Å². The molecule has 0 heterocycles. The van der Waals surface area contributed by atoms with Crippen molar-refractivity contribution in [3.63, 3.8) is 0 Å². The van der Waals surface area contributed by atoms with Crippen molar-refractivity contribution in [1.29, 1.82) is 0 Å². The van der Waals surface area contributed by atoms with E-state index >= 15 is 0 Å². The average molecular weight is 338 g/mol. The first-order chi connectivity index (χ1) is 10.5. The molecule has 2 rings (SSSR count). The number of rotatable bonds is 3. The summed E-state index contributed by atoms with van der Waals surface area (Å²) in [4.78, 5) is 0. The van der Waals surface area contributed by atoms with E-state index in [0.29, 0.717) is 10.9 Å². The molecule has 0 aliphatic rings. The van der Waals surface area contributed by atoms with Crippen molar-refractivity contribution in [2.24, 2.45) is 0 Å². The maximum Gasteiger partial charge on any atom is 0.198 e. The predicted octanol–water partition coefficient (Wildman–Crippen LogP) is 5.30. The van der Waals surface area contributed by atoms with Crippen molar-refractivity contribution >= 4 is 12.4 Å². The lowest BCUT2D eigenvalue weighted by atomic mass is 9.87. The van der Waals surface area contributed by atoms with Crippen LogP contribution in [0.1, 0.15) is 26.3 Å². The molecule has 0 amide bonds. The maximum atomic E-state index is 14.2. The maximum absolute atomic E-state index is 14.2. The SMILES string of the molecule is CC(C)(C)c1cc(F)c(Oc2cccc(P(C)(C)=O)c2)c(F)c1. The minimum Gasteiger partial charge on any atom is -0.451 e. The van der Waals surface area contributed by atoms with E-state index in [1.807, 2.05) is 20.8 Å². The van der Waals surface area contributed by atoms with Crippen LogP contribution in [0.5, 0.6) is 11.5 Å². The van der Waals surface area contributed by atoms with E-state index in [9.17, 15) is 13.3 Å². The van der Waals surface area contributed by atoms with Gasteiger partial charge in [0.2, 0.25) is 0 Å². The van der Waals surface area contributed by atoms with Gasteiger partial charge < -0.3 is 9.30 Å². The number of hydrogen-bond acceptors (Lipinski definition) is 2. The fourth-order valence-electron chi connectivity index (χ4n) is 2.09. The van der Waals surface area contributed by atoms with Gasteiger partial charge in [0.1, 0.15) is 12.9 Å². The van der Waals surface area contributed by atoms with Crippen molar-refractivity contribution in [1.82, 2.24) is 0 Å². The van der Waals surface area contributed by atoms with E-state index in [1.165, 1.54) is 12.1 Å². The second kappa shape index (κ2) is 6.09. The summed E-state index contributed by atoms with van der Waals surface area (Å²) in [5, 5.41) is 0.599. The van der Waals surface area contributed by atoms with Crippen LogP contribution in [-0.4, -0.2) is 13.3 Å². The first-order valence-corrected chi connectivity index (χ1v) is 9.91. The topological polar surface area (TPSA) is 26.3 Å². The molecule has 0 bridgehead atoms. The molecule has 5 heteroatoms. The fraction of sp³-hybridized carbons (Fsp3) is 0.333. The molecular weight excluding hydrogens is 317 g/mol. The van der Waals surface area contributed by atoms with Gasteiger partial charge in [-0.15, -0.1) is 0 Å². The smallest absolute Gasteiger partial charge is 0.198 e. The zero-order valence-electron chi connectivity index (χ0n) is 14.0. The highest BCUT2D eigenvalue weighted by Gasteiger charge is 2.21. The summed E-state index contributed by atoms with van der Waals surface area (Å²) in [7, 11) is -2.47. The summed E-state index contributed by atoms with van der Waals surface area (Å²) in [6, 6.07) is 9.07. The van der Waals surface area contributed by atoms with Crippen LogP contribution < -0.4 is 10.0 Å². The lowest BCUT2D eigenvalue weighted by Crippen LogP contribution is -2.12. The van der Waals surface area contributed by atoms with Gasteiger partial charge >= 0.3 is 0 Å². The Bertz CT molecular complexity index is 750. The van der Waals surface area contributed by atoms with E-state index in [-0.39, 0.29) is 11.2 Å². The van der Waals surface area contributed by atoms with Gasteiger partial charge in [0.25, 0.3) is 0 Å². The predicted molar refractivity (Wildman–Crippen MR) is 90.7 cm³/mol. The van der Waals surface area contributed by atoms with Crippen LogP contribution in [0.3, 0.4) is 0 Å². The molecule has 0 saturated heterocycles. The first-order valence-electron chi connectivity index (χ1n) is 7.31. The standard InChI is InChI=1S/C18H21F2O2P/c1-18(2,3)12-9-15(19)17(16(20)10-12)22-13-7-6-8-14(11-13)23(4,5)21/h6-11H,1-5H3. The Morgan fingerprint density at radius 2 is 1.57 bits per heavy atom. The van der Waals surface area contributed by atoms with E-state index in [2.05, 4.69) is 0 Å². The van der Waals surface area contributed by atoms with Crippen LogP contribution in [0.15, 0.2) is 36.4 Å². The molecule has 2 aromatic rings. The molecular formula is C18H21F2O2P. The second-order valence-corrected chi connectivity index (χ2v) is 10.2. The molecule has 0 spiro atoms. The van der Waals surface area contributed by atoms with Gasteiger partial charge in [0, 0.05) is 5.30 Å². The van der Waals surface area contributed by atoms with Gasteiger partial charge in [0.05, 0.1) is 0 Å². The average Bonchev–Trinajstić information content (AvgIpc) is 2.41. The fourth-order valence-corrected chi connectivity index (χ4v) is 2.97. The minimum absolute atomic E-state index is 0.257. The van der Waals surface area contributed by atoms with Crippen LogP contribution in [0.2, 0.25) is 0 Å². The molecule has 0 fully saturated rings. The summed E-state index contributed by atoms with van der Waals surface area (Å²) in [6.45, 7) is 8.90. The molecule has 0 radical (unpaired) electrons. The van der Waals surface area contributed by atoms with Crippen LogP contribution >= 0.6 is 7.14 Å². The van der Waals surface area contributed by atoms with Crippen molar-refractivity contribution in [2.45, 2.75) is 26.2 Å². The Morgan fingerprint density at radius 1 is 1.00 bits per heavy atom. The highest BCUT2D eigenvalue weighted by molar-refractivity contribution is 7.70. The van der Waals surface area contributed by atoms with Crippen LogP contribution in [0.25, 0.3) is 0 Å². The van der Waals surface area contributed by atoms with Gasteiger partial charge in [0.15, 0.2) is 17.4 Å². The van der Waals surface area contributed by atoms with Crippen molar-refractivity contribution < 1.29 is 18.1 Å². The third-order valence-corrected chi connectivity index (χ3v) is 5.05. The summed E-state index contributed by atoms with van der Waals surface area (Å²) >= 11 is 0. The highest BCUT2D eigenvalue weighted by Crippen LogP contribution is 2.37. The Morgan fingerprint density at radius 3 is 2.04 bits per heavy atom. The molecule has 0 saturated carbocycles. The van der Waals surface area contributed by atoms with Crippen molar-refractivity contribution in [2.75, 3.05) is 13.3 Å². The van der Waals surface area contributed by atoms with Crippen LogP contribution in [0.4, 0.5) is 8.78 Å². The molecule has 0 aliphatic heterocycles. The zero-order valence-corrected chi connectivity index (χ0v) is 14.9. The molecule has 2 aromatic carbocycles.